The summed E-state index contributed by atoms with van der Waals surface area (Å²) in [6.07, 6.45) is 8.18. The van der Waals surface area contributed by atoms with Crippen molar-refractivity contribution < 1.29 is 0 Å². The van der Waals surface area contributed by atoms with Gasteiger partial charge in [0.25, 0.3) is 0 Å². The molecule has 2 rings (SSSR count). The first kappa shape index (κ1) is 14.0. The van der Waals surface area contributed by atoms with Crippen LogP contribution in [0.4, 0.5) is 0 Å². The zero-order valence-electron chi connectivity index (χ0n) is 11.4. The molecule has 2 N–H and O–H groups in total. The Morgan fingerprint density at radius 2 is 2.00 bits per heavy atom. The van der Waals surface area contributed by atoms with Gasteiger partial charge in [0.1, 0.15) is 0 Å². The molecule has 1 aromatic carbocycles. The van der Waals surface area contributed by atoms with E-state index in [0.29, 0.717) is 11.2 Å². The second-order valence-corrected chi connectivity index (χ2v) is 5.44. The van der Waals surface area contributed by atoms with Gasteiger partial charge in [-0.2, -0.15) is 5.10 Å². The van der Waals surface area contributed by atoms with E-state index in [1.54, 1.807) is 0 Å². The minimum Gasteiger partial charge on any atom is -0.359 e. The molecule has 0 saturated heterocycles. The van der Waals surface area contributed by atoms with E-state index in [4.69, 9.17) is 12.2 Å². The average Bonchev–Trinajstić information content (AvgIpc) is 2.42. The van der Waals surface area contributed by atoms with Gasteiger partial charge in [-0.3, -0.25) is 5.43 Å². The molecule has 1 fully saturated rings. The average molecular weight is 275 g/mol. The van der Waals surface area contributed by atoms with Gasteiger partial charge in [0.15, 0.2) is 5.11 Å². The van der Waals surface area contributed by atoms with Crippen LogP contribution in [0.25, 0.3) is 0 Å². The normalized spacial score (nSPS) is 16.5. The standard InChI is InChI=1S/C15H21N3S/c1-12-7-5-6-8-13(12)11-16-18-15(19)17-14-9-3-2-4-10-14/h5-8,11,14H,2-4,9-10H2,1H3,(H2,17,18,19). The molecule has 1 saturated carbocycles. The van der Waals surface area contributed by atoms with Crippen LogP contribution in [0.3, 0.4) is 0 Å². The SMILES string of the molecule is Cc1ccccc1C=NNC(=S)NC1CCCCC1. The smallest absolute Gasteiger partial charge is 0.187 e. The summed E-state index contributed by atoms with van der Waals surface area (Å²) in [7, 11) is 0. The van der Waals surface area contributed by atoms with Crippen LogP contribution >= 0.6 is 12.2 Å². The Morgan fingerprint density at radius 3 is 2.74 bits per heavy atom. The van der Waals surface area contributed by atoms with Crippen LogP contribution < -0.4 is 10.7 Å². The van der Waals surface area contributed by atoms with Crippen molar-refractivity contribution in [2.24, 2.45) is 5.10 Å². The second-order valence-electron chi connectivity index (χ2n) is 5.03. The van der Waals surface area contributed by atoms with Crippen molar-refractivity contribution >= 4 is 23.5 Å². The Morgan fingerprint density at radius 1 is 1.26 bits per heavy atom. The van der Waals surface area contributed by atoms with Crippen LogP contribution in [0.15, 0.2) is 29.4 Å². The lowest BCUT2D eigenvalue weighted by molar-refractivity contribution is 0.412. The Hall–Kier alpha value is -1.42. The number of hydrazone groups is 1. The molecule has 0 aliphatic heterocycles. The van der Waals surface area contributed by atoms with Crippen molar-refractivity contribution in [3.05, 3.63) is 35.4 Å². The topological polar surface area (TPSA) is 36.4 Å². The summed E-state index contributed by atoms with van der Waals surface area (Å²) in [4.78, 5) is 0. The summed E-state index contributed by atoms with van der Waals surface area (Å²) in [6.45, 7) is 2.07. The number of hydrogen-bond donors (Lipinski definition) is 2. The molecule has 4 heteroatoms. The molecule has 0 radical (unpaired) electrons. The molecular formula is C15H21N3S. The van der Waals surface area contributed by atoms with Gasteiger partial charge < -0.3 is 5.32 Å². The van der Waals surface area contributed by atoms with E-state index in [2.05, 4.69) is 28.8 Å². The van der Waals surface area contributed by atoms with Gasteiger partial charge in [-0.1, -0.05) is 43.5 Å². The molecule has 0 unspecified atom stereocenters. The summed E-state index contributed by atoms with van der Waals surface area (Å²) in [5.41, 5.74) is 5.21. The molecule has 1 aromatic rings. The van der Waals surface area contributed by atoms with Crippen molar-refractivity contribution in [2.45, 2.75) is 45.1 Å². The first-order valence-corrected chi connectivity index (χ1v) is 7.32. The van der Waals surface area contributed by atoms with Crippen molar-refractivity contribution in [3.8, 4) is 0 Å². The van der Waals surface area contributed by atoms with E-state index in [1.165, 1.54) is 37.7 Å². The monoisotopic (exact) mass is 275 g/mol. The molecule has 0 aromatic heterocycles. The highest BCUT2D eigenvalue weighted by atomic mass is 32.1. The van der Waals surface area contributed by atoms with Crippen LogP contribution in [-0.4, -0.2) is 17.4 Å². The van der Waals surface area contributed by atoms with Crippen LogP contribution in [0.5, 0.6) is 0 Å². The Balaban J connectivity index is 1.78. The quantitative estimate of drug-likeness (QED) is 0.505. The van der Waals surface area contributed by atoms with Crippen molar-refractivity contribution in [2.75, 3.05) is 0 Å². The fourth-order valence-electron chi connectivity index (χ4n) is 2.36. The fraction of sp³-hybridized carbons (Fsp3) is 0.467. The Kier molecular flexibility index (Phi) is 5.33. The maximum absolute atomic E-state index is 5.25. The van der Waals surface area contributed by atoms with Gasteiger partial charge in [-0.15, -0.1) is 0 Å². The predicted molar refractivity (Wildman–Crippen MR) is 84.5 cm³/mol. The van der Waals surface area contributed by atoms with Crippen molar-refractivity contribution in [1.29, 1.82) is 0 Å². The van der Waals surface area contributed by atoms with E-state index in [9.17, 15) is 0 Å². The third-order valence-electron chi connectivity index (χ3n) is 3.50. The fourth-order valence-corrected chi connectivity index (χ4v) is 2.58. The van der Waals surface area contributed by atoms with E-state index >= 15 is 0 Å². The lowest BCUT2D eigenvalue weighted by Gasteiger charge is -2.23. The van der Waals surface area contributed by atoms with Gasteiger partial charge in [-0.25, -0.2) is 0 Å². The molecule has 0 atom stereocenters. The third-order valence-corrected chi connectivity index (χ3v) is 3.71. The number of aryl methyl sites for hydroxylation is 1. The van der Waals surface area contributed by atoms with Crippen LogP contribution in [0.1, 0.15) is 43.2 Å². The maximum Gasteiger partial charge on any atom is 0.187 e. The molecule has 0 amide bonds. The molecule has 0 spiro atoms. The van der Waals surface area contributed by atoms with E-state index in [1.807, 2.05) is 24.4 Å². The van der Waals surface area contributed by atoms with E-state index in [0.717, 1.165) is 5.56 Å². The number of thiocarbonyl (C=S) groups is 1. The third kappa shape index (κ3) is 4.63. The molecule has 0 heterocycles. The first-order valence-electron chi connectivity index (χ1n) is 6.91. The van der Waals surface area contributed by atoms with Gasteiger partial charge in [0.2, 0.25) is 0 Å². The van der Waals surface area contributed by atoms with Gasteiger partial charge in [0.05, 0.1) is 6.21 Å². The Labute approximate surface area is 120 Å². The highest BCUT2D eigenvalue weighted by Crippen LogP contribution is 2.17. The molecular weight excluding hydrogens is 254 g/mol. The molecule has 1 aliphatic rings. The number of rotatable bonds is 3. The van der Waals surface area contributed by atoms with E-state index < -0.39 is 0 Å². The van der Waals surface area contributed by atoms with Crippen molar-refractivity contribution in [1.82, 2.24) is 10.7 Å². The first-order chi connectivity index (χ1) is 9.25. The number of nitrogens with one attached hydrogen (secondary N) is 2. The van der Waals surface area contributed by atoms with Crippen LogP contribution in [0.2, 0.25) is 0 Å². The highest BCUT2D eigenvalue weighted by Gasteiger charge is 2.13. The zero-order chi connectivity index (χ0) is 13.5. The molecule has 0 bridgehead atoms. The predicted octanol–water partition coefficient (Wildman–Crippen LogP) is 3.13. The second kappa shape index (κ2) is 7.24. The van der Waals surface area contributed by atoms with Crippen LogP contribution in [-0.2, 0) is 0 Å². The van der Waals surface area contributed by atoms with Gasteiger partial charge >= 0.3 is 0 Å². The largest absolute Gasteiger partial charge is 0.359 e. The minimum absolute atomic E-state index is 0.516. The number of hydrogen-bond acceptors (Lipinski definition) is 2. The summed E-state index contributed by atoms with van der Waals surface area (Å²) in [5.74, 6) is 0. The molecule has 19 heavy (non-hydrogen) atoms. The Bertz CT molecular complexity index is 450. The summed E-state index contributed by atoms with van der Waals surface area (Å²) in [6, 6.07) is 8.66. The zero-order valence-corrected chi connectivity index (χ0v) is 12.2. The molecule has 3 nitrogen and oxygen atoms in total. The maximum atomic E-state index is 5.25. The lowest BCUT2D eigenvalue weighted by Crippen LogP contribution is -2.40. The highest BCUT2D eigenvalue weighted by molar-refractivity contribution is 7.80. The van der Waals surface area contributed by atoms with E-state index in [-0.39, 0.29) is 0 Å². The summed E-state index contributed by atoms with van der Waals surface area (Å²) >= 11 is 5.25. The lowest BCUT2D eigenvalue weighted by atomic mass is 9.96. The molecule has 102 valence electrons. The van der Waals surface area contributed by atoms with Gasteiger partial charge in [0, 0.05) is 6.04 Å². The summed E-state index contributed by atoms with van der Waals surface area (Å²) < 4.78 is 0. The van der Waals surface area contributed by atoms with Crippen molar-refractivity contribution in [3.63, 3.8) is 0 Å². The van der Waals surface area contributed by atoms with Crippen LogP contribution in [0, 0.1) is 6.92 Å². The van der Waals surface area contributed by atoms with Gasteiger partial charge in [-0.05, 0) is 43.1 Å². The molecule has 1 aliphatic carbocycles. The summed E-state index contributed by atoms with van der Waals surface area (Å²) in [5, 5.41) is 8.14. The number of benzene rings is 1. The number of nitrogens with zero attached hydrogens (tertiary/aromatic N) is 1. The minimum atomic E-state index is 0.516.